The maximum atomic E-state index is 13.4. The molecule has 0 amide bonds. The first-order chi connectivity index (χ1) is 14.0. The van der Waals surface area contributed by atoms with E-state index in [2.05, 4.69) is 10.1 Å². The summed E-state index contributed by atoms with van der Waals surface area (Å²) in [6.07, 6.45) is 0.711. The number of aryl methyl sites for hydroxylation is 2. The SMILES string of the molecule is CCc1noc(C(C)Sc2nc3ccccc3c(=O)n2-c2cccc(C)c2C)n1. The van der Waals surface area contributed by atoms with Crippen LogP contribution < -0.4 is 5.56 Å². The highest BCUT2D eigenvalue weighted by atomic mass is 32.2. The summed E-state index contributed by atoms with van der Waals surface area (Å²) in [5.41, 5.74) is 3.60. The van der Waals surface area contributed by atoms with Gasteiger partial charge in [0, 0.05) is 6.42 Å². The summed E-state index contributed by atoms with van der Waals surface area (Å²) in [6.45, 7) is 8.02. The van der Waals surface area contributed by atoms with Gasteiger partial charge in [0.25, 0.3) is 5.56 Å². The molecule has 0 aliphatic heterocycles. The van der Waals surface area contributed by atoms with Gasteiger partial charge < -0.3 is 4.52 Å². The van der Waals surface area contributed by atoms with Crippen molar-refractivity contribution in [2.75, 3.05) is 0 Å². The lowest BCUT2D eigenvalue weighted by Gasteiger charge is -2.17. The predicted molar refractivity (Wildman–Crippen MR) is 115 cm³/mol. The highest BCUT2D eigenvalue weighted by Crippen LogP contribution is 2.34. The predicted octanol–water partition coefficient (Wildman–Crippen LogP) is 4.80. The van der Waals surface area contributed by atoms with Gasteiger partial charge in [0.1, 0.15) is 0 Å². The number of fused-ring (bicyclic) bond motifs is 1. The molecule has 148 valence electrons. The number of para-hydroxylation sites is 1. The fourth-order valence-electron chi connectivity index (χ4n) is 3.17. The Morgan fingerprint density at radius 1 is 1.10 bits per heavy atom. The van der Waals surface area contributed by atoms with Gasteiger partial charge >= 0.3 is 0 Å². The third-order valence-electron chi connectivity index (χ3n) is 4.99. The molecule has 4 aromatic rings. The molecule has 2 heterocycles. The highest BCUT2D eigenvalue weighted by Gasteiger charge is 2.21. The lowest BCUT2D eigenvalue weighted by molar-refractivity contribution is 0.375. The number of thioether (sulfide) groups is 1. The zero-order valence-electron chi connectivity index (χ0n) is 16.8. The van der Waals surface area contributed by atoms with Crippen molar-refractivity contribution in [3.63, 3.8) is 0 Å². The molecule has 2 aromatic carbocycles. The van der Waals surface area contributed by atoms with Gasteiger partial charge in [0.15, 0.2) is 11.0 Å². The fourth-order valence-corrected chi connectivity index (χ4v) is 4.12. The molecule has 1 unspecified atom stereocenters. The number of aromatic nitrogens is 4. The Morgan fingerprint density at radius 2 is 1.90 bits per heavy atom. The molecule has 1 atom stereocenters. The minimum absolute atomic E-state index is 0.0845. The van der Waals surface area contributed by atoms with E-state index >= 15 is 0 Å². The topological polar surface area (TPSA) is 73.8 Å². The van der Waals surface area contributed by atoms with Crippen LogP contribution in [0.2, 0.25) is 0 Å². The van der Waals surface area contributed by atoms with Crippen molar-refractivity contribution < 1.29 is 4.52 Å². The molecule has 0 spiro atoms. The van der Waals surface area contributed by atoms with Crippen LogP contribution in [0.4, 0.5) is 0 Å². The molecule has 0 saturated carbocycles. The molecule has 2 aromatic heterocycles. The Balaban J connectivity index is 1.90. The van der Waals surface area contributed by atoms with Crippen LogP contribution in [0.15, 0.2) is 56.9 Å². The van der Waals surface area contributed by atoms with E-state index in [0.717, 1.165) is 16.8 Å². The summed E-state index contributed by atoms with van der Waals surface area (Å²) < 4.78 is 7.10. The largest absolute Gasteiger partial charge is 0.338 e. The molecule has 0 N–H and O–H groups in total. The van der Waals surface area contributed by atoms with E-state index < -0.39 is 0 Å². The van der Waals surface area contributed by atoms with Gasteiger partial charge in [-0.05, 0) is 50.1 Å². The summed E-state index contributed by atoms with van der Waals surface area (Å²) >= 11 is 1.44. The van der Waals surface area contributed by atoms with E-state index in [1.165, 1.54) is 11.8 Å². The molecule has 29 heavy (non-hydrogen) atoms. The number of rotatable bonds is 5. The molecule has 0 saturated heterocycles. The standard InChI is InChI=1S/C22H22N4O2S/c1-5-19-24-20(28-25-19)15(4)29-22-23-17-11-7-6-10-16(17)21(27)26(22)18-12-8-9-13(2)14(18)3/h6-12,15H,5H2,1-4H3. The second-order valence-electron chi connectivity index (χ2n) is 6.93. The zero-order chi connectivity index (χ0) is 20.5. The fraction of sp³-hybridized carbons (Fsp3) is 0.273. The average Bonchev–Trinajstić information content (AvgIpc) is 3.20. The van der Waals surface area contributed by atoms with Crippen LogP contribution in [-0.2, 0) is 6.42 Å². The first kappa shape index (κ1) is 19.4. The quantitative estimate of drug-likeness (QED) is 0.350. The smallest absolute Gasteiger partial charge is 0.266 e. The van der Waals surface area contributed by atoms with E-state index in [1.807, 2.05) is 70.2 Å². The van der Waals surface area contributed by atoms with Crippen LogP contribution in [0, 0.1) is 13.8 Å². The second kappa shape index (κ2) is 7.83. The Labute approximate surface area is 173 Å². The number of benzene rings is 2. The van der Waals surface area contributed by atoms with Crippen molar-refractivity contribution in [1.82, 2.24) is 19.7 Å². The average molecular weight is 407 g/mol. The summed E-state index contributed by atoms with van der Waals surface area (Å²) in [7, 11) is 0. The molecular formula is C22H22N4O2S. The Bertz CT molecular complexity index is 1250. The van der Waals surface area contributed by atoms with E-state index in [0.29, 0.717) is 34.2 Å². The van der Waals surface area contributed by atoms with Gasteiger partial charge in [0.05, 0.1) is 21.8 Å². The Hall–Kier alpha value is -2.93. The van der Waals surface area contributed by atoms with Crippen LogP contribution in [0.1, 0.15) is 41.9 Å². The van der Waals surface area contributed by atoms with Crippen LogP contribution >= 0.6 is 11.8 Å². The van der Waals surface area contributed by atoms with Gasteiger partial charge in [0.2, 0.25) is 5.89 Å². The summed E-state index contributed by atoms with van der Waals surface area (Å²) in [5.74, 6) is 1.20. The Kier molecular flexibility index (Phi) is 5.24. The maximum Gasteiger partial charge on any atom is 0.266 e. The highest BCUT2D eigenvalue weighted by molar-refractivity contribution is 7.99. The third-order valence-corrected chi connectivity index (χ3v) is 6.03. The zero-order valence-corrected chi connectivity index (χ0v) is 17.7. The summed E-state index contributed by atoms with van der Waals surface area (Å²) in [4.78, 5) is 22.7. The van der Waals surface area contributed by atoms with E-state index in [1.54, 1.807) is 4.57 Å². The van der Waals surface area contributed by atoms with Gasteiger partial charge in [-0.3, -0.25) is 9.36 Å². The molecule has 0 radical (unpaired) electrons. The number of hydrogen-bond acceptors (Lipinski definition) is 6. The molecule has 6 nitrogen and oxygen atoms in total. The van der Waals surface area contributed by atoms with Crippen molar-refractivity contribution >= 4 is 22.7 Å². The van der Waals surface area contributed by atoms with Crippen molar-refractivity contribution in [3.8, 4) is 5.69 Å². The van der Waals surface area contributed by atoms with Crippen LogP contribution in [0.5, 0.6) is 0 Å². The van der Waals surface area contributed by atoms with Crippen molar-refractivity contribution in [1.29, 1.82) is 0 Å². The molecular weight excluding hydrogens is 384 g/mol. The van der Waals surface area contributed by atoms with Gasteiger partial charge in [-0.25, -0.2) is 4.98 Å². The maximum absolute atomic E-state index is 13.4. The summed E-state index contributed by atoms with van der Waals surface area (Å²) in [5, 5.41) is 5.03. The molecule has 0 aliphatic carbocycles. The third kappa shape index (κ3) is 3.58. The Morgan fingerprint density at radius 3 is 2.66 bits per heavy atom. The van der Waals surface area contributed by atoms with Crippen LogP contribution in [0.3, 0.4) is 0 Å². The second-order valence-corrected chi connectivity index (χ2v) is 8.24. The number of nitrogens with zero attached hydrogens (tertiary/aromatic N) is 4. The molecule has 0 fully saturated rings. The van der Waals surface area contributed by atoms with Crippen LogP contribution in [-0.4, -0.2) is 19.7 Å². The van der Waals surface area contributed by atoms with E-state index in [4.69, 9.17) is 9.51 Å². The lowest BCUT2D eigenvalue weighted by atomic mass is 10.1. The van der Waals surface area contributed by atoms with E-state index in [-0.39, 0.29) is 10.8 Å². The summed E-state index contributed by atoms with van der Waals surface area (Å²) in [6, 6.07) is 13.4. The molecule has 0 aliphatic rings. The van der Waals surface area contributed by atoms with Crippen LogP contribution in [0.25, 0.3) is 16.6 Å². The van der Waals surface area contributed by atoms with Crippen molar-refractivity contribution in [2.24, 2.45) is 0 Å². The molecule has 7 heteroatoms. The van der Waals surface area contributed by atoms with E-state index in [9.17, 15) is 4.79 Å². The van der Waals surface area contributed by atoms with Crippen molar-refractivity contribution in [3.05, 3.63) is 75.7 Å². The molecule has 4 rings (SSSR count). The monoisotopic (exact) mass is 406 g/mol. The first-order valence-electron chi connectivity index (χ1n) is 9.57. The number of hydrogen-bond donors (Lipinski definition) is 0. The lowest BCUT2D eigenvalue weighted by Crippen LogP contribution is -2.23. The normalized spacial score (nSPS) is 12.4. The van der Waals surface area contributed by atoms with Crippen molar-refractivity contribution in [2.45, 2.75) is 44.5 Å². The van der Waals surface area contributed by atoms with Gasteiger partial charge in [-0.15, -0.1) is 0 Å². The van der Waals surface area contributed by atoms with Gasteiger partial charge in [-0.1, -0.05) is 48.1 Å². The minimum Gasteiger partial charge on any atom is -0.338 e. The first-order valence-corrected chi connectivity index (χ1v) is 10.4. The molecule has 0 bridgehead atoms. The van der Waals surface area contributed by atoms with Gasteiger partial charge in [-0.2, -0.15) is 4.98 Å². The minimum atomic E-state index is -0.146.